The summed E-state index contributed by atoms with van der Waals surface area (Å²) in [6, 6.07) is 2.09. The maximum Gasteiger partial charge on any atom is 0.407 e. The number of carbonyl (C=O) groups excluding carboxylic acids is 1. The van der Waals surface area contributed by atoms with Crippen molar-refractivity contribution in [2.75, 3.05) is 5.32 Å². The minimum atomic E-state index is -4.37. The lowest BCUT2D eigenvalue weighted by Gasteiger charge is -2.28. The fraction of sp³-hybridized carbons (Fsp3) is 0.476. The minimum absolute atomic E-state index is 0.0226. The predicted molar refractivity (Wildman–Crippen MR) is 118 cm³/mol. The lowest BCUT2D eigenvalue weighted by Crippen LogP contribution is -2.38. The highest BCUT2D eigenvalue weighted by Gasteiger charge is 2.31. The summed E-state index contributed by atoms with van der Waals surface area (Å²) in [7, 11) is -4.03. The zero-order chi connectivity index (χ0) is 25.8. The second-order valence-corrected chi connectivity index (χ2v) is 9.96. The van der Waals surface area contributed by atoms with Gasteiger partial charge in [-0.3, -0.25) is 0 Å². The molecule has 0 saturated heterocycles. The third-order valence-electron chi connectivity index (χ3n) is 5.51. The number of nitrogens with zero attached hydrogens (tertiary/aromatic N) is 2. The Kier molecular flexibility index (Phi) is 8.15. The fourth-order valence-corrected chi connectivity index (χ4v) is 4.33. The minimum Gasteiger partial charge on any atom is -0.446 e. The van der Waals surface area contributed by atoms with Crippen LogP contribution in [0.3, 0.4) is 0 Å². The van der Waals surface area contributed by atoms with E-state index in [0.717, 1.165) is 17.7 Å². The molecule has 14 heteroatoms. The summed E-state index contributed by atoms with van der Waals surface area (Å²) in [6.07, 6.45) is -1.20. The Morgan fingerprint density at radius 1 is 1.20 bits per heavy atom. The summed E-state index contributed by atoms with van der Waals surface area (Å²) in [4.78, 5) is 19.8. The third-order valence-corrected chi connectivity index (χ3v) is 6.42. The average Bonchev–Trinajstić information content (AvgIpc) is 2.74. The van der Waals surface area contributed by atoms with Crippen LogP contribution in [0.5, 0.6) is 0 Å². The van der Waals surface area contributed by atoms with Crippen molar-refractivity contribution >= 4 is 27.8 Å². The Bertz CT molecular complexity index is 1140. The first-order valence-corrected chi connectivity index (χ1v) is 12.3. The summed E-state index contributed by atoms with van der Waals surface area (Å²) in [5.41, 5.74) is 0.813. The monoisotopic (exact) mass is 519 g/mol. The van der Waals surface area contributed by atoms with Crippen molar-refractivity contribution in [2.24, 2.45) is 5.14 Å². The van der Waals surface area contributed by atoms with Crippen molar-refractivity contribution in [3.63, 3.8) is 0 Å². The zero-order valence-corrected chi connectivity index (χ0v) is 19.5. The number of nitrogens with one attached hydrogen (secondary N) is 2. The Hall–Kier alpha value is -3.00. The van der Waals surface area contributed by atoms with E-state index >= 15 is 0 Å². The van der Waals surface area contributed by atoms with Gasteiger partial charge in [0, 0.05) is 18.4 Å². The molecule has 1 saturated carbocycles. The molecule has 1 atom stereocenters. The normalized spacial score (nSPS) is 19.6. The van der Waals surface area contributed by atoms with Gasteiger partial charge < -0.3 is 15.4 Å². The first-order chi connectivity index (χ1) is 16.3. The standard InChI is InChI=1S/C21H25F4N5O4S/c1-12(9-21(23,24)25)29-20(31)34-15-4-2-13(3-5-15)14-10-27-19(28-11-14)30-18-7-6-16(8-17(18)22)35(26,32)33/h6-8,10-13,15H,2-5,9H2,1H3,(H,29,31)(H2,26,32,33)(H,27,28,30)/t12-,13-,15+/m0/s1. The van der Waals surface area contributed by atoms with Crippen LogP contribution in [0, 0.1) is 5.82 Å². The van der Waals surface area contributed by atoms with Gasteiger partial charge in [-0.15, -0.1) is 0 Å². The Labute approximate surface area is 199 Å². The molecule has 0 spiro atoms. The van der Waals surface area contributed by atoms with Gasteiger partial charge in [-0.2, -0.15) is 13.2 Å². The maximum atomic E-state index is 14.2. The SMILES string of the molecule is C[C@@H](CC(F)(F)F)NC(=O)O[C@H]1CC[C@@H](c2cnc(Nc3ccc(S(N)(=O)=O)cc3F)nc2)CC1. The van der Waals surface area contributed by atoms with E-state index in [1.807, 2.05) is 0 Å². The van der Waals surface area contributed by atoms with Gasteiger partial charge >= 0.3 is 12.3 Å². The number of nitrogens with two attached hydrogens (primary N) is 1. The van der Waals surface area contributed by atoms with Crippen LogP contribution in [-0.4, -0.2) is 42.8 Å². The van der Waals surface area contributed by atoms with E-state index in [4.69, 9.17) is 9.88 Å². The highest BCUT2D eigenvalue weighted by molar-refractivity contribution is 7.89. The summed E-state index contributed by atoms with van der Waals surface area (Å²) >= 11 is 0. The summed E-state index contributed by atoms with van der Waals surface area (Å²) < 4.78 is 79.2. The number of hydrogen-bond donors (Lipinski definition) is 3. The number of alkyl halides is 3. The Balaban J connectivity index is 1.49. The topological polar surface area (TPSA) is 136 Å². The Morgan fingerprint density at radius 2 is 1.83 bits per heavy atom. The van der Waals surface area contributed by atoms with Crippen molar-refractivity contribution in [1.29, 1.82) is 0 Å². The second-order valence-electron chi connectivity index (χ2n) is 8.40. The molecule has 0 unspecified atom stereocenters. The van der Waals surface area contributed by atoms with E-state index in [2.05, 4.69) is 20.6 Å². The van der Waals surface area contributed by atoms with E-state index in [1.165, 1.54) is 13.0 Å². The molecule has 35 heavy (non-hydrogen) atoms. The molecule has 1 aliphatic rings. The van der Waals surface area contributed by atoms with Crippen LogP contribution in [0.4, 0.5) is 34.0 Å². The van der Waals surface area contributed by atoms with Crippen molar-refractivity contribution in [3.8, 4) is 0 Å². The van der Waals surface area contributed by atoms with E-state index in [0.29, 0.717) is 25.7 Å². The molecular weight excluding hydrogens is 494 g/mol. The van der Waals surface area contributed by atoms with E-state index < -0.39 is 46.7 Å². The number of benzene rings is 1. The molecule has 2 aromatic rings. The average molecular weight is 520 g/mol. The maximum absolute atomic E-state index is 14.2. The number of carbonyl (C=O) groups is 1. The van der Waals surface area contributed by atoms with Crippen molar-refractivity contribution in [2.45, 2.75) is 68.2 Å². The van der Waals surface area contributed by atoms with E-state index in [-0.39, 0.29) is 22.4 Å². The molecule has 1 amide bonds. The van der Waals surface area contributed by atoms with Crippen LogP contribution >= 0.6 is 0 Å². The molecule has 1 aromatic heterocycles. The zero-order valence-electron chi connectivity index (χ0n) is 18.7. The smallest absolute Gasteiger partial charge is 0.407 e. The van der Waals surface area contributed by atoms with Crippen molar-refractivity contribution in [1.82, 2.24) is 15.3 Å². The van der Waals surface area contributed by atoms with Gasteiger partial charge in [-0.1, -0.05) is 0 Å². The quantitative estimate of drug-likeness (QED) is 0.469. The lowest BCUT2D eigenvalue weighted by atomic mass is 9.84. The van der Waals surface area contributed by atoms with Gasteiger partial charge in [-0.05, 0) is 62.3 Å². The first kappa shape index (κ1) is 26.6. The van der Waals surface area contributed by atoms with Gasteiger partial charge in [0.1, 0.15) is 11.9 Å². The van der Waals surface area contributed by atoms with Crippen LogP contribution < -0.4 is 15.8 Å². The van der Waals surface area contributed by atoms with Crippen LogP contribution in [0.2, 0.25) is 0 Å². The number of alkyl carbamates (subject to hydrolysis) is 1. The molecule has 0 bridgehead atoms. The van der Waals surface area contributed by atoms with Crippen molar-refractivity contribution in [3.05, 3.63) is 42.0 Å². The predicted octanol–water partition coefficient (Wildman–Crippen LogP) is 4.10. The van der Waals surface area contributed by atoms with Gasteiger partial charge in [0.05, 0.1) is 17.0 Å². The number of halogens is 4. The van der Waals surface area contributed by atoms with Gasteiger partial charge in [-0.25, -0.2) is 32.7 Å². The van der Waals surface area contributed by atoms with Crippen LogP contribution in [0.25, 0.3) is 0 Å². The van der Waals surface area contributed by atoms with Gasteiger partial charge in [0.15, 0.2) is 0 Å². The van der Waals surface area contributed by atoms with Crippen LogP contribution in [0.15, 0.2) is 35.5 Å². The summed E-state index contributed by atoms with van der Waals surface area (Å²) in [5.74, 6) is -0.626. The lowest BCUT2D eigenvalue weighted by molar-refractivity contribution is -0.138. The van der Waals surface area contributed by atoms with Crippen LogP contribution in [0.1, 0.15) is 50.5 Å². The van der Waals surface area contributed by atoms with Crippen molar-refractivity contribution < 1.29 is 35.5 Å². The molecule has 0 radical (unpaired) electrons. The summed E-state index contributed by atoms with van der Waals surface area (Å²) in [6.45, 7) is 1.26. The van der Waals surface area contributed by atoms with E-state index in [1.54, 1.807) is 12.4 Å². The van der Waals surface area contributed by atoms with Gasteiger partial charge in [0.25, 0.3) is 0 Å². The molecule has 1 aromatic carbocycles. The molecule has 0 aliphatic heterocycles. The van der Waals surface area contributed by atoms with Gasteiger partial charge in [0.2, 0.25) is 16.0 Å². The number of ether oxygens (including phenoxy) is 1. The molecule has 4 N–H and O–H groups in total. The fourth-order valence-electron chi connectivity index (χ4n) is 3.81. The number of anilines is 2. The summed E-state index contributed by atoms with van der Waals surface area (Å²) in [5, 5.41) is 9.85. The number of hydrogen-bond acceptors (Lipinski definition) is 7. The van der Waals surface area contributed by atoms with Crippen LogP contribution in [-0.2, 0) is 14.8 Å². The number of sulfonamides is 1. The molecule has 1 fully saturated rings. The molecule has 3 rings (SSSR count). The first-order valence-electron chi connectivity index (χ1n) is 10.8. The molecule has 192 valence electrons. The highest BCUT2D eigenvalue weighted by atomic mass is 32.2. The largest absolute Gasteiger partial charge is 0.446 e. The number of amides is 1. The highest BCUT2D eigenvalue weighted by Crippen LogP contribution is 2.34. The molecule has 1 heterocycles. The number of primary sulfonamides is 1. The number of rotatable bonds is 7. The number of aromatic nitrogens is 2. The third kappa shape index (κ3) is 8.02. The Morgan fingerprint density at radius 3 is 2.37 bits per heavy atom. The molecule has 9 nitrogen and oxygen atoms in total. The molecular formula is C21H25F4N5O4S. The van der Waals surface area contributed by atoms with E-state index in [9.17, 15) is 30.8 Å². The molecule has 1 aliphatic carbocycles. The second kappa shape index (κ2) is 10.7.